The second-order valence-electron chi connectivity index (χ2n) is 3.32. The van der Waals surface area contributed by atoms with Crippen LogP contribution in [0.2, 0.25) is 0 Å². The summed E-state index contributed by atoms with van der Waals surface area (Å²) in [7, 11) is 1.66. The van der Waals surface area contributed by atoms with Gasteiger partial charge in [-0.25, -0.2) is 0 Å². The molecule has 84 valence electrons. The highest BCUT2D eigenvalue weighted by molar-refractivity contribution is 5.99. The van der Waals surface area contributed by atoms with E-state index in [1.165, 1.54) is 4.90 Å². The van der Waals surface area contributed by atoms with Crippen molar-refractivity contribution in [3.8, 4) is 6.07 Å². The van der Waals surface area contributed by atoms with Gasteiger partial charge in [-0.05, 0) is 12.1 Å². The first-order chi connectivity index (χ1) is 7.70. The predicted molar refractivity (Wildman–Crippen MR) is 61.4 cm³/mol. The summed E-state index contributed by atoms with van der Waals surface area (Å²) in [5, 5.41) is 8.45. The van der Waals surface area contributed by atoms with Gasteiger partial charge in [0.2, 0.25) is 0 Å². The number of para-hydroxylation sites is 1. The average Bonchev–Trinajstić information content (AvgIpc) is 2.34. The van der Waals surface area contributed by atoms with Crippen LogP contribution in [0.25, 0.3) is 0 Å². The molecular formula is C11H14N4O. The van der Waals surface area contributed by atoms with Gasteiger partial charge in [-0.15, -0.1) is 0 Å². The van der Waals surface area contributed by atoms with Gasteiger partial charge in [0.05, 0.1) is 23.7 Å². The number of nitriles is 1. The minimum Gasteiger partial charge on any atom is -0.341 e. The summed E-state index contributed by atoms with van der Waals surface area (Å²) < 4.78 is 0. The maximum absolute atomic E-state index is 12.0. The lowest BCUT2D eigenvalue weighted by atomic mass is 10.1. The Hall–Kier alpha value is -2.06. The van der Waals surface area contributed by atoms with Gasteiger partial charge in [0, 0.05) is 13.6 Å². The fraction of sp³-hybridized carbons (Fsp3) is 0.273. The topological polar surface area (TPSA) is 82.2 Å². The van der Waals surface area contributed by atoms with E-state index >= 15 is 0 Å². The molecule has 0 saturated heterocycles. The van der Waals surface area contributed by atoms with E-state index in [2.05, 4.69) is 5.43 Å². The molecule has 0 bridgehead atoms. The zero-order valence-electron chi connectivity index (χ0n) is 9.10. The molecule has 1 rings (SSSR count). The number of anilines is 1. The Morgan fingerprint density at radius 2 is 2.25 bits per heavy atom. The number of benzene rings is 1. The zero-order valence-corrected chi connectivity index (χ0v) is 9.10. The van der Waals surface area contributed by atoms with E-state index in [-0.39, 0.29) is 5.91 Å². The van der Waals surface area contributed by atoms with Crippen LogP contribution in [0.5, 0.6) is 0 Å². The summed E-state index contributed by atoms with van der Waals surface area (Å²) in [5.74, 6) is 5.17. The molecule has 0 radical (unpaired) electrons. The molecule has 0 aromatic heterocycles. The summed E-state index contributed by atoms with van der Waals surface area (Å²) in [4.78, 5) is 13.5. The highest BCUT2D eigenvalue weighted by Crippen LogP contribution is 2.15. The molecule has 0 heterocycles. The number of nitrogens with zero attached hydrogens (tertiary/aromatic N) is 2. The minimum absolute atomic E-state index is 0.149. The number of nitrogens with two attached hydrogens (primary N) is 1. The smallest absolute Gasteiger partial charge is 0.255 e. The first-order valence-corrected chi connectivity index (χ1v) is 4.88. The van der Waals surface area contributed by atoms with Gasteiger partial charge in [-0.1, -0.05) is 12.1 Å². The standard InChI is InChI=1S/C11H14N4O/c1-15(8-4-7-12)11(16)9-5-2-3-6-10(9)14-13/h2-3,5-6,14H,4,8,13H2,1H3. The largest absolute Gasteiger partial charge is 0.341 e. The molecule has 0 atom stereocenters. The van der Waals surface area contributed by atoms with Crippen LogP contribution in [0.1, 0.15) is 16.8 Å². The number of hydrogen-bond donors (Lipinski definition) is 2. The minimum atomic E-state index is -0.149. The van der Waals surface area contributed by atoms with Crippen LogP contribution in [-0.4, -0.2) is 24.4 Å². The number of carbonyl (C=O) groups is 1. The van der Waals surface area contributed by atoms with Crippen molar-refractivity contribution < 1.29 is 4.79 Å². The highest BCUT2D eigenvalue weighted by atomic mass is 16.2. The highest BCUT2D eigenvalue weighted by Gasteiger charge is 2.14. The number of amides is 1. The van der Waals surface area contributed by atoms with E-state index in [1.807, 2.05) is 6.07 Å². The second-order valence-corrected chi connectivity index (χ2v) is 3.32. The summed E-state index contributed by atoms with van der Waals surface area (Å²) in [6.07, 6.45) is 0.320. The number of hydrogen-bond acceptors (Lipinski definition) is 4. The number of nitrogen functional groups attached to an aromatic ring is 1. The number of rotatable bonds is 4. The molecule has 0 aliphatic rings. The third-order valence-electron chi connectivity index (χ3n) is 2.22. The van der Waals surface area contributed by atoms with Crippen molar-refractivity contribution in [2.75, 3.05) is 19.0 Å². The van der Waals surface area contributed by atoms with Crippen molar-refractivity contribution in [3.05, 3.63) is 29.8 Å². The molecule has 0 fully saturated rings. The Labute approximate surface area is 94.4 Å². The molecule has 0 spiro atoms. The third-order valence-corrected chi connectivity index (χ3v) is 2.22. The van der Waals surface area contributed by atoms with Crippen LogP contribution in [0.4, 0.5) is 5.69 Å². The quantitative estimate of drug-likeness (QED) is 0.582. The Morgan fingerprint density at radius 3 is 2.88 bits per heavy atom. The van der Waals surface area contributed by atoms with E-state index in [0.29, 0.717) is 24.2 Å². The van der Waals surface area contributed by atoms with E-state index in [4.69, 9.17) is 11.1 Å². The normalized spacial score (nSPS) is 9.31. The van der Waals surface area contributed by atoms with E-state index in [1.54, 1.807) is 31.3 Å². The van der Waals surface area contributed by atoms with Crippen LogP contribution >= 0.6 is 0 Å². The van der Waals surface area contributed by atoms with Gasteiger partial charge in [0.1, 0.15) is 0 Å². The lowest BCUT2D eigenvalue weighted by molar-refractivity contribution is 0.0799. The van der Waals surface area contributed by atoms with Gasteiger partial charge >= 0.3 is 0 Å². The average molecular weight is 218 g/mol. The summed E-state index contributed by atoms with van der Waals surface area (Å²) in [5.41, 5.74) is 3.56. The van der Waals surface area contributed by atoms with Gasteiger partial charge < -0.3 is 10.3 Å². The van der Waals surface area contributed by atoms with Crippen LogP contribution in [0, 0.1) is 11.3 Å². The lowest BCUT2D eigenvalue weighted by Gasteiger charge is -2.17. The third kappa shape index (κ3) is 2.72. The number of nitrogens with one attached hydrogen (secondary N) is 1. The molecule has 1 aromatic rings. The van der Waals surface area contributed by atoms with Gasteiger partial charge in [-0.2, -0.15) is 5.26 Å². The van der Waals surface area contributed by atoms with E-state index in [9.17, 15) is 4.79 Å². The summed E-state index contributed by atoms with van der Waals surface area (Å²) in [6, 6.07) is 8.98. The molecule has 0 aliphatic heterocycles. The van der Waals surface area contributed by atoms with Crippen LogP contribution in [0.15, 0.2) is 24.3 Å². The molecule has 5 nitrogen and oxygen atoms in total. The molecule has 5 heteroatoms. The van der Waals surface area contributed by atoms with Crippen LogP contribution in [-0.2, 0) is 0 Å². The molecule has 0 aliphatic carbocycles. The maximum atomic E-state index is 12.0. The zero-order chi connectivity index (χ0) is 12.0. The van der Waals surface area contributed by atoms with Gasteiger partial charge in [0.25, 0.3) is 5.91 Å². The van der Waals surface area contributed by atoms with Crippen molar-refractivity contribution in [1.29, 1.82) is 5.26 Å². The van der Waals surface area contributed by atoms with Crippen LogP contribution in [0.3, 0.4) is 0 Å². The van der Waals surface area contributed by atoms with Crippen molar-refractivity contribution >= 4 is 11.6 Å². The first-order valence-electron chi connectivity index (χ1n) is 4.88. The Kier molecular flexibility index (Phi) is 4.30. The number of carbonyl (C=O) groups excluding carboxylic acids is 1. The van der Waals surface area contributed by atoms with Crippen LogP contribution < -0.4 is 11.3 Å². The summed E-state index contributed by atoms with van der Waals surface area (Å²) in [6.45, 7) is 0.411. The Morgan fingerprint density at radius 1 is 1.56 bits per heavy atom. The van der Waals surface area contributed by atoms with Gasteiger partial charge in [-0.3, -0.25) is 10.6 Å². The molecule has 0 unspecified atom stereocenters. The SMILES string of the molecule is CN(CCC#N)C(=O)c1ccccc1NN. The first kappa shape index (κ1) is 12.0. The van der Waals surface area contributed by atoms with Crippen molar-refractivity contribution in [1.82, 2.24) is 4.90 Å². The van der Waals surface area contributed by atoms with E-state index < -0.39 is 0 Å². The fourth-order valence-corrected chi connectivity index (χ4v) is 1.32. The van der Waals surface area contributed by atoms with E-state index in [0.717, 1.165) is 0 Å². The molecule has 1 aromatic carbocycles. The molecule has 3 N–H and O–H groups in total. The molecule has 0 saturated carbocycles. The Bertz CT molecular complexity index is 411. The molecule has 16 heavy (non-hydrogen) atoms. The lowest BCUT2D eigenvalue weighted by Crippen LogP contribution is -2.28. The fourth-order valence-electron chi connectivity index (χ4n) is 1.32. The molecular weight excluding hydrogens is 204 g/mol. The Balaban J connectivity index is 2.83. The maximum Gasteiger partial charge on any atom is 0.255 e. The van der Waals surface area contributed by atoms with Crippen molar-refractivity contribution in [2.24, 2.45) is 5.84 Å². The van der Waals surface area contributed by atoms with Crippen molar-refractivity contribution in [2.45, 2.75) is 6.42 Å². The monoisotopic (exact) mass is 218 g/mol. The second kappa shape index (κ2) is 5.73. The predicted octanol–water partition coefficient (Wildman–Crippen LogP) is 0.958. The van der Waals surface area contributed by atoms with Crippen molar-refractivity contribution in [3.63, 3.8) is 0 Å². The van der Waals surface area contributed by atoms with Gasteiger partial charge in [0.15, 0.2) is 0 Å². The number of hydrazine groups is 1. The summed E-state index contributed by atoms with van der Waals surface area (Å²) >= 11 is 0. The molecule has 1 amide bonds.